The van der Waals surface area contributed by atoms with Gasteiger partial charge in [-0.25, -0.2) is 4.98 Å². The molecule has 1 aliphatic heterocycles. The van der Waals surface area contributed by atoms with Gasteiger partial charge < -0.3 is 9.72 Å². The van der Waals surface area contributed by atoms with Crippen LogP contribution in [-0.2, 0) is 4.74 Å². The van der Waals surface area contributed by atoms with Crippen molar-refractivity contribution in [3.8, 4) is 0 Å². The zero-order chi connectivity index (χ0) is 7.97. The van der Waals surface area contributed by atoms with Gasteiger partial charge in [0.1, 0.15) is 11.8 Å². The van der Waals surface area contributed by atoms with E-state index in [0.717, 1.165) is 12.3 Å². The number of hydrogen-bond donors (Lipinski definition) is 1. The predicted molar refractivity (Wildman–Crippen MR) is 44.8 cm³/mol. The zero-order valence-corrected chi connectivity index (χ0v) is 6.45. The van der Waals surface area contributed by atoms with Crippen LogP contribution in [0.15, 0.2) is 24.5 Å². The maximum atomic E-state index is 5.21. The summed E-state index contributed by atoms with van der Waals surface area (Å²) in [5.41, 5.74) is 2.18. The molecule has 0 aliphatic carbocycles. The van der Waals surface area contributed by atoms with Crippen molar-refractivity contribution in [2.75, 3.05) is 6.61 Å². The van der Waals surface area contributed by atoms with Crippen LogP contribution in [0, 0.1) is 0 Å². The molecular weight excluding hydrogens is 152 g/mol. The second-order valence-electron chi connectivity index (χ2n) is 2.97. The third kappa shape index (κ3) is 0.769. The number of H-pyrrole nitrogens is 1. The van der Waals surface area contributed by atoms with E-state index in [2.05, 4.69) is 16.0 Å². The molecule has 0 amide bonds. The number of ether oxygens (including phenoxy) is 1. The lowest BCUT2D eigenvalue weighted by molar-refractivity contribution is 0.417. The van der Waals surface area contributed by atoms with Crippen molar-refractivity contribution in [2.24, 2.45) is 0 Å². The normalized spacial score (nSPS) is 21.5. The van der Waals surface area contributed by atoms with Crippen LogP contribution in [0.2, 0.25) is 0 Å². The standard InChI is InChI=1S/C9H8N2O/c1-2-6-7(8-5-12-8)4-11-9(6)10-3-1/h1-4,8H,5H2,(H,10,11)/t8-/m0/s1. The van der Waals surface area contributed by atoms with Crippen molar-refractivity contribution in [2.45, 2.75) is 6.10 Å². The number of nitrogens with zero attached hydrogens (tertiary/aromatic N) is 1. The zero-order valence-electron chi connectivity index (χ0n) is 6.45. The molecule has 3 heterocycles. The van der Waals surface area contributed by atoms with E-state index in [1.165, 1.54) is 10.9 Å². The predicted octanol–water partition coefficient (Wildman–Crippen LogP) is 1.63. The maximum Gasteiger partial charge on any atom is 0.137 e. The Morgan fingerprint density at radius 2 is 2.50 bits per heavy atom. The van der Waals surface area contributed by atoms with Gasteiger partial charge in [0, 0.05) is 23.3 Å². The van der Waals surface area contributed by atoms with Crippen LogP contribution < -0.4 is 0 Å². The van der Waals surface area contributed by atoms with Crippen molar-refractivity contribution in [3.05, 3.63) is 30.1 Å². The van der Waals surface area contributed by atoms with E-state index in [9.17, 15) is 0 Å². The highest BCUT2D eigenvalue weighted by molar-refractivity contribution is 5.80. The number of epoxide rings is 1. The molecule has 0 unspecified atom stereocenters. The van der Waals surface area contributed by atoms with Crippen LogP contribution in [-0.4, -0.2) is 16.6 Å². The van der Waals surface area contributed by atoms with E-state index in [1.807, 2.05) is 12.3 Å². The van der Waals surface area contributed by atoms with Crippen LogP contribution >= 0.6 is 0 Å². The summed E-state index contributed by atoms with van der Waals surface area (Å²) in [6.45, 7) is 0.849. The highest BCUT2D eigenvalue weighted by Crippen LogP contribution is 2.33. The minimum atomic E-state index is 0.308. The van der Waals surface area contributed by atoms with E-state index < -0.39 is 0 Å². The van der Waals surface area contributed by atoms with Gasteiger partial charge >= 0.3 is 0 Å². The highest BCUT2D eigenvalue weighted by Gasteiger charge is 2.27. The number of rotatable bonds is 1. The van der Waals surface area contributed by atoms with Gasteiger partial charge in [-0.05, 0) is 12.1 Å². The van der Waals surface area contributed by atoms with Gasteiger partial charge in [-0.2, -0.15) is 0 Å². The summed E-state index contributed by atoms with van der Waals surface area (Å²) in [6, 6.07) is 4.01. The minimum absolute atomic E-state index is 0.308. The Kier molecular flexibility index (Phi) is 1.07. The molecule has 60 valence electrons. The molecule has 1 fully saturated rings. The average Bonchev–Trinajstić information content (AvgIpc) is 2.86. The van der Waals surface area contributed by atoms with Gasteiger partial charge in [0.15, 0.2) is 0 Å². The largest absolute Gasteiger partial charge is 0.368 e. The van der Waals surface area contributed by atoms with Crippen LogP contribution in [0.1, 0.15) is 11.7 Å². The molecule has 1 saturated heterocycles. The lowest BCUT2D eigenvalue weighted by Gasteiger charge is -1.89. The average molecular weight is 160 g/mol. The number of fused-ring (bicyclic) bond motifs is 1. The molecule has 3 nitrogen and oxygen atoms in total. The fourth-order valence-electron chi connectivity index (χ4n) is 1.47. The molecule has 1 aliphatic rings. The number of hydrogen-bond acceptors (Lipinski definition) is 2. The van der Waals surface area contributed by atoms with Gasteiger partial charge in [-0.1, -0.05) is 0 Å². The second-order valence-corrected chi connectivity index (χ2v) is 2.97. The summed E-state index contributed by atoms with van der Waals surface area (Å²) in [4.78, 5) is 7.32. The van der Waals surface area contributed by atoms with Gasteiger partial charge in [-0.3, -0.25) is 0 Å². The number of aromatic amines is 1. The van der Waals surface area contributed by atoms with Crippen LogP contribution in [0.5, 0.6) is 0 Å². The topological polar surface area (TPSA) is 41.2 Å². The molecule has 2 aromatic heterocycles. The Morgan fingerprint density at radius 1 is 1.58 bits per heavy atom. The fourth-order valence-corrected chi connectivity index (χ4v) is 1.47. The Balaban J connectivity index is 2.30. The second kappa shape index (κ2) is 2.08. The van der Waals surface area contributed by atoms with Crippen molar-refractivity contribution in [1.29, 1.82) is 0 Å². The lowest BCUT2D eigenvalue weighted by Crippen LogP contribution is -1.76. The Bertz CT molecular complexity index is 417. The summed E-state index contributed by atoms with van der Waals surface area (Å²) in [7, 11) is 0. The minimum Gasteiger partial charge on any atom is -0.368 e. The Hall–Kier alpha value is -1.35. The maximum absolute atomic E-state index is 5.21. The molecule has 12 heavy (non-hydrogen) atoms. The molecule has 0 bridgehead atoms. The summed E-state index contributed by atoms with van der Waals surface area (Å²) < 4.78 is 5.21. The van der Waals surface area contributed by atoms with E-state index in [0.29, 0.717) is 6.10 Å². The first kappa shape index (κ1) is 6.20. The quantitative estimate of drug-likeness (QED) is 0.644. The Morgan fingerprint density at radius 3 is 3.33 bits per heavy atom. The molecule has 3 heteroatoms. The van der Waals surface area contributed by atoms with Crippen molar-refractivity contribution < 1.29 is 4.74 Å². The molecular formula is C9H8N2O. The summed E-state index contributed by atoms with van der Waals surface area (Å²) in [5, 5.41) is 1.18. The fraction of sp³-hybridized carbons (Fsp3) is 0.222. The first-order valence-electron chi connectivity index (χ1n) is 3.99. The van der Waals surface area contributed by atoms with E-state index >= 15 is 0 Å². The molecule has 0 spiro atoms. The third-order valence-corrected chi connectivity index (χ3v) is 2.16. The lowest BCUT2D eigenvalue weighted by atomic mass is 10.2. The first-order chi connectivity index (χ1) is 5.95. The molecule has 0 saturated carbocycles. The van der Waals surface area contributed by atoms with Gasteiger partial charge in [-0.15, -0.1) is 0 Å². The number of nitrogens with one attached hydrogen (secondary N) is 1. The summed E-state index contributed by atoms with van der Waals surface area (Å²) in [6.07, 6.45) is 4.08. The van der Waals surface area contributed by atoms with Gasteiger partial charge in [0.05, 0.1) is 6.61 Å². The number of pyridine rings is 1. The first-order valence-corrected chi connectivity index (χ1v) is 3.99. The van der Waals surface area contributed by atoms with Gasteiger partial charge in [0.2, 0.25) is 0 Å². The smallest absolute Gasteiger partial charge is 0.137 e. The molecule has 0 aromatic carbocycles. The van der Waals surface area contributed by atoms with Gasteiger partial charge in [0.25, 0.3) is 0 Å². The monoisotopic (exact) mass is 160 g/mol. The van der Waals surface area contributed by atoms with Crippen LogP contribution in [0.25, 0.3) is 11.0 Å². The van der Waals surface area contributed by atoms with Crippen LogP contribution in [0.4, 0.5) is 0 Å². The van der Waals surface area contributed by atoms with Crippen LogP contribution in [0.3, 0.4) is 0 Å². The van der Waals surface area contributed by atoms with E-state index in [1.54, 1.807) is 6.20 Å². The SMILES string of the molecule is c1cnc2[nH]cc([C@@H]3CO3)c2c1. The van der Waals surface area contributed by atoms with E-state index in [-0.39, 0.29) is 0 Å². The third-order valence-electron chi connectivity index (χ3n) is 2.16. The van der Waals surface area contributed by atoms with Crippen molar-refractivity contribution >= 4 is 11.0 Å². The molecule has 0 radical (unpaired) electrons. The molecule has 1 atom stereocenters. The Labute approximate surface area is 69.4 Å². The summed E-state index contributed by atoms with van der Waals surface area (Å²) in [5.74, 6) is 0. The molecule has 1 N–H and O–H groups in total. The highest BCUT2D eigenvalue weighted by atomic mass is 16.6. The van der Waals surface area contributed by atoms with Crippen molar-refractivity contribution in [1.82, 2.24) is 9.97 Å². The number of aromatic nitrogens is 2. The summed E-state index contributed by atoms with van der Waals surface area (Å²) >= 11 is 0. The molecule has 3 rings (SSSR count). The van der Waals surface area contributed by atoms with E-state index in [4.69, 9.17) is 4.74 Å². The molecule has 2 aromatic rings. The van der Waals surface area contributed by atoms with Crippen molar-refractivity contribution in [3.63, 3.8) is 0 Å².